The van der Waals surface area contributed by atoms with Gasteiger partial charge in [0.25, 0.3) is 5.56 Å². The Morgan fingerprint density at radius 2 is 1.77 bits per heavy atom. The van der Waals surface area contributed by atoms with E-state index in [1.54, 1.807) is 0 Å². The van der Waals surface area contributed by atoms with Gasteiger partial charge in [0.1, 0.15) is 5.82 Å². The van der Waals surface area contributed by atoms with Crippen LogP contribution in [-0.4, -0.2) is 9.55 Å². The third kappa shape index (κ3) is 2.15. The average molecular weight is 288 g/mol. The van der Waals surface area contributed by atoms with E-state index in [4.69, 9.17) is 0 Å². The number of nitrogens with zero attached hydrogens (tertiary/aromatic N) is 2. The SMILES string of the molecule is O=c1nc2n(c3ccccc13)CCC/C2=C/c1ccccc1. The molecule has 0 unspecified atom stereocenters. The van der Waals surface area contributed by atoms with Crippen LogP contribution in [0.4, 0.5) is 0 Å². The van der Waals surface area contributed by atoms with Crippen LogP contribution in [0.5, 0.6) is 0 Å². The molecule has 1 aromatic heterocycles. The first kappa shape index (κ1) is 13.0. The van der Waals surface area contributed by atoms with Gasteiger partial charge in [0.2, 0.25) is 0 Å². The number of aryl methyl sites for hydroxylation is 1. The highest BCUT2D eigenvalue weighted by molar-refractivity contribution is 5.84. The lowest BCUT2D eigenvalue weighted by Gasteiger charge is -2.22. The smallest absolute Gasteiger partial charge is 0.281 e. The summed E-state index contributed by atoms with van der Waals surface area (Å²) in [5, 5.41) is 0.701. The summed E-state index contributed by atoms with van der Waals surface area (Å²) in [7, 11) is 0. The first-order valence-electron chi connectivity index (χ1n) is 7.58. The second-order valence-corrected chi connectivity index (χ2v) is 5.59. The van der Waals surface area contributed by atoms with E-state index < -0.39 is 0 Å². The van der Waals surface area contributed by atoms with E-state index in [-0.39, 0.29) is 5.56 Å². The molecule has 2 aromatic carbocycles. The Morgan fingerprint density at radius 1 is 1.00 bits per heavy atom. The fourth-order valence-corrected chi connectivity index (χ4v) is 3.12. The van der Waals surface area contributed by atoms with Crippen molar-refractivity contribution in [2.75, 3.05) is 0 Å². The van der Waals surface area contributed by atoms with Crippen molar-refractivity contribution in [2.45, 2.75) is 19.4 Å². The van der Waals surface area contributed by atoms with Gasteiger partial charge in [-0.15, -0.1) is 0 Å². The summed E-state index contributed by atoms with van der Waals surface area (Å²) in [5.74, 6) is 0.818. The van der Waals surface area contributed by atoms with Gasteiger partial charge in [0, 0.05) is 6.54 Å². The van der Waals surface area contributed by atoms with Gasteiger partial charge in [0.05, 0.1) is 10.9 Å². The zero-order chi connectivity index (χ0) is 14.9. The van der Waals surface area contributed by atoms with Crippen molar-refractivity contribution < 1.29 is 0 Å². The fourth-order valence-electron chi connectivity index (χ4n) is 3.12. The quantitative estimate of drug-likeness (QED) is 0.684. The fraction of sp³-hybridized carbons (Fsp3) is 0.158. The summed E-state index contributed by atoms with van der Waals surface area (Å²) >= 11 is 0. The minimum Gasteiger partial charge on any atom is -0.325 e. The van der Waals surface area contributed by atoms with Crippen molar-refractivity contribution in [3.8, 4) is 0 Å². The molecule has 3 nitrogen and oxygen atoms in total. The first-order chi connectivity index (χ1) is 10.8. The standard InChI is InChI=1S/C19H16N2O/c22-19-16-10-4-5-11-17(16)21-12-6-9-15(18(21)20-19)13-14-7-2-1-3-8-14/h1-5,7-8,10-11,13H,6,9,12H2/b15-13-. The van der Waals surface area contributed by atoms with Gasteiger partial charge in [-0.25, -0.2) is 0 Å². The van der Waals surface area contributed by atoms with Crippen LogP contribution in [0.2, 0.25) is 0 Å². The molecule has 1 aliphatic rings. The second-order valence-electron chi connectivity index (χ2n) is 5.59. The number of fused-ring (bicyclic) bond motifs is 3. The Morgan fingerprint density at radius 3 is 2.64 bits per heavy atom. The van der Waals surface area contributed by atoms with Crippen LogP contribution in [0, 0.1) is 0 Å². The van der Waals surface area contributed by atoms with E-state index in [9.17, 15) is 4.79 Å². The lowest BCUT2D eigenvalue weighted by atomic mass is 10.0. The average Bonchev–Trinajstić information content (AvgIpc) is 2.57. The summed E-state index contributed by atoms with van der Waals surface area (Å²) in [6, 6.07) is 17.9. The molecule has 3 heteroatoms. The highest BCUT2D eigenvalue weighted by Crippen LogP contribution is 2.28. The van der Waals surface area contributed by atoms with E-state index in [1.165, 1.54) is 0 Å². The van der Waals surface area contributed by atoms with E-state index in [2.05, 4.69) is 27.8 Å². The van der Waals surface area contributed by atoms with Crippen LogP contribution in [0.3, 0.4) is 0 Å². The Labute approximate surface area is 128 Å². The van der Waals surface area contributed by atoms with Crippen molar-refractivity contribution in [2.24, 2.45) is 0 Å². The third-order valence-corrected chi connectivity index (χ3v) is 4.14. The van der Waals surface area contributed by atoms with Crippen LogP contribution in [0.15, 0.2) is 59.4 Å². The molecule has 0 saturated carbocycles. The highest BCUT2D eigenvalue weighted by atomic mass is 16.1. The van der Waals surface area contributed by atoms with Gasteiger partial charge in [-0.1, -0.05) is 42.5 Å². The molecular weight excluding hydrogens is 272 g/mol. The van der Waals surface area contributed by atoms with Gasteiger partial charge in [-0.2, -0.15) is 4.98 Å². The van der Waals surface area contributed by atoms with Crippen LogP contribution in [0.25, 0.3) is 22.6 Å². The Kier molecular flexibility index (Phi) is 3.11. The van der Waals surface area contributed by atoms with Gasteiger partial charge < -0.3 is 4.57 Å². The van der Waals surface area contributed by atoms with E-state index in [1.807, 2.05) is 42.5 Å². The molecule has 0 spiro atoms. The maximum Gasteiger partial charge on any atom is 0.281 e. The molecule has 3 aromatic rings. The molecule has 4 rings (SSSR count). The van der Waals surface area contributed by atoms with Crippen LogP contribution < -0.4 is 5.56 Å². The maximum atomic E-state index is 12.3. The zero-order valence-corrected chi connectivity index (χ0v) is 12.2. The van der Waals surface area contributed by atoms with Gasteiger partial charge in [0.15, 0.2) is 0 Å². The van der Waals surface area contributed by atoms with Gasteiger partial charge in [-0.3, -0.25) is 4.79 Å². The first-order valence-corrected chi connectivity index (χ1v) is 7.58. The largest absolute Gasteiger partial charge is 0.325 e. The number of allylic oxidation sites excluding steroid dienone is 1. The second kappa shape index (κ2) is 5.26. The molecule has 22 heavy (non-hydrogen) atoms. The molecular formula is C19H16N2O. The third-order valence-electron chi connectivity index (χ3n) is 4.14. The summed E-state index contributed by atoms with van der Waals surface area (Å²) in [4.78, 5) is 16.7. The molecule has 108 valence electrons. The zero-order valence-electron chi connectivity index (χ0n) is 12.2. The van der Waals surface area contributed by atoms with E-state index in [0.717, 1.165) is 41.9 Å². The predicted octanol–water partition coefficient (Wildman–Crippen LogP) is 3.73. The number of hydrogen-bond acceptors (Lipinski definition) is 2. The monoisotopic (exact) mass is 288 g/mol. The van der Waals surface area contributed by atoms with Crippen molar-refractivity contribution in [3.63, 3.8) is 0 Å². The van der Waals surface area contributed by atoms with Crippen molar-refractivity contribution in [1.82, 2.24) is 9.55 Å². The summed E-state index contributed by atoms with van der Waals surface area (Å²) in [6.07, 6.45) is 4.17. The lowest BCUT2D eigenvalue weighted by molar-refractivity contribution is 0.616. The Bertz CT molecular complexity index is 923. The normalized spacial score (nSPS) is 15.9. The Balaban J connectivity index is 1.96. The number of aromatic nitrogens is 2. The molecule has 0 N–H and O–H groups in total. The minimum absolute atomic E-state index is 0.136. The summed E-state index contributed by atoms with van der Waals surface area (Å²) in [5.41, 5.74) is 3.13. The van der Waals surface area contributed by atoms with Crippen LogP contribution in [-0.2, 0) is 6.54 Å². The highest BCUT2D eigenvalue weighted by Gasteiger charge is 2.18. The topological polar surface area (TPSA) is 34.9 Å². The van der Waals surface area contributed by atoms with Crippen LogP contribution >= 0.6 is 0 Å². The van der Waals surface area contributed by atoms with Crippen molar-refractivity contribution in [3.05, 3.63) is 76.3 Å². The molecule has 2 heterocycles. The number of rotatable bonds is 1. The van der Waals surface area contributed by atoms with Crippen LogP contribution in [0.1, 0.15) is 24.2 Å². The van der Waals surface area contributed by atoms with Crippen molar-refractivity contribution in [1.29, 1.82) is 0 Å². The summed E-state index contributed by atoms with van der Waals surface area (Å²) < 4.78 is 2.18. The van der Waals surface area contributed by atoms with Gasteiger partial charge in [-0.05, 0) is 42.2 Å². The number of benzene rings is 2. The van der Waals surface area contributed by atoms with E-state index in [0.29, 0.717) is 5.39 Å². The lowest BCUT2D eigenvalue weighted by Crippen LogP contribution is -2.21. The number of para-hydroxylation sites is 1. The molecule has 0 saturated heterocycles. The molecule has 0 bridgehead atoms. The molecule has 0 aliphatic carbocycles. The molecule has 0 atom stereocenters. The summed E-state index contributed by atoms with van der Waals surface area (Å²) in [6.45, 7) is 0.912. The van der Waals surface area contributed by atoms with Gasteiger partial charge >= 0.3 is 0 Å². The number of hydrogen-bond donors (Lipinski definition) is 0. The van der Waals surface area contributed by atoms with Crippen molar-refractivity contribution >= 4 is 22.6 Å². The predicted molar refractivity (Wildman–Crippen MR) is 89.6 cm³/mol. The minimum atomic E-state index is -0.136. The molecule has 1 aliphatic heterocycles. The maximum absolute atomic E-state index is 12.3. The van der Waals surface area contributed by atoms with E-state index >= 15 is 0 Å². The molecule has 0 amide bonds. The molecule has 0 fully saturated rings. The molecule has 0 radical (unpaired) electrons. The Hall–Kier alpha value is -2.68.